The van der Waals surface area contributed by atoms with Gasteiger partial charge in [-0.2, -0.15) is 13.2 Å². The van der Waals surface area contributed by atoms with Crippen LogP contribution in [0.3, 0.4) is 0 Å². The summed E-state index contributed by atoms with van der Waals surface area (Å²) >= 11 is 0. The number of benzene rings is 2. The van der Waals surface area contributed by atoms with Crippen LogP contribution in [0.2, 0.25) is 0 Å². The fraction of sp³-hybridized carbons (Fsp3) is 0.409. The third kappa shape index (κ3) is 4.90. The molecule has 0 radical (unpaired) electrons. The number of rotatable bonds is 5. The Kier molecular flexibility index (Phi) is 6.55. The molecule has 5 nitrogen and oxygen atoms in total. The van der Waals surface area contributed by atoms with Gasteiger partial charge in [0.05, 0.1) is 22.3 Å². The molecule has 2 aromatic rings. The van der Waals surface area contributed by atoms with E-state index in [1.165, 1.54) is 26.2 Å². The molecule has 1 aliphatic carbocycles. The van der Waals surface area contributed by atoms with E-state index in [4.69, 9.17) is 4.74 Å². The summed E-state index contributed by atoms with van der Waals surface area (Å²) in [6.45, 7) is 1.51. The summed E-state index contributed by atoms with van der Waals surface area (Å²) in [5, 5.41) is 2.77. The number of methoxy groups -OCH3 is 1. The first kappa shape index (κ1) is 24.0. The number of halogens is 4. The highest BCUT2D eigenvalue weighted by atomic mass is 32.2. The zero-order chi connectivity index (χ0) is 23.7. The van der Waals surface area contributed by atoms with Crippen LogP contribution in [0.1, 0.15) is 48.5 Å². The van der Waals surface area contributed by atoms with Gasteiger partial charge in [-0.15, -0.1) is 0 Å². The van der Waals surface area contributed by atoms with Crippen molar-refractivity contribution >= 4 is 15.7 Å². The van der Waals surface area contributed by atoms with Gasteiger partial charge < -0.3 is 10.1 Å². The van der Waals surface area contributed by atoms with E-state index in [1.807, 2.05) is 0 Å². The van der Waals surface area contributed by atoms with Gasteiger partial charge in [-0.1, -0.05) is 6.07 Å². The first-order valence-electron chi connectivity index (χ1n) is 9.93. The lowest BCUT2D eigenvalue weighted by Crippen LogP contribution is -2.45. The summed E-state index contributed by atoms with van der Waals surface area (Å²) in [7, 11) is -2.69. The van der Waals surface area contributed by atoms with E-state index in [2.05, 4.69) is 5.32 Å². The fourth-order valence-electron chi connectivity index (χ4n) is 3.85. The molecule has 0 saturated heterocycles. The quantitative estimate of drug-likeness (QED) is 0.636. The van der Waals surface area contributed by atoms with Crippen molar-refractivity contribution in [1.29, 1.82) is 0 Å². The maximum absolute atomic E-state index is 13.7. The van der Waals surface area contributed by atoms with Gasteiger partial charge in [-0.3, -0.25) is 4.79 Å². The lowest BCUT2D eigenvalue weighted by molar-refractivity contribution is -0.137. The molecule has 2 aromatic carbocycles. The molecule has 0 heterocycles. The zero-order valence-corrected chi connectivity index (χ0v) is 18.3. The van der Waals surface area contributed by atoms with Gasteiger partial charge in [-0.25, -0.2) is 12.8 Å². The minimum Gasteiger partial charge on any atom is -0.497 e. The molecule has 1 N–H and O–H groups in total. The molecule has 1 fully saturated rings. The van der Waals surface area contributed by atoms with Crippen LogP contribution in [-0.2, 0) is 16.0 Å². The van der Waals surface area contributed by atoms with Crippen LogP contribution >= 0.6 is 0 Å². The Morgan fingerprint density at radius 3 is 2.38 bits per heavy atom. The number of sulfone groups is 1. The molecule has 32 heavy (non-hydrogen) atoms. The third-order valence-corrected chi connectivity index (χ3v) is 8.45. The number of carbonyl (C=O) groups is 1. The molecule has 3 rings (SSSR count). The smallest absolute Gasteiger partial charge is 0.416 e. The van der Waals surface area contributed by atoms with Gasteiger partial charge in [0.15, 0.2) is 9.84 Å². The Hall–Kier alpha value is -2.62. The largest absolute Gasteiger partial charge is 0.497 e. The summed E-state index contributed by atoms with van der Waals surface area (Å²) in [4.78, 5) is 12.1. The van der Waals surface area contributed by atoms with Gasteiger partial charge in [0.2, 0.25) is 0 Å². The lowest BCUT2D eigenvalue weighted by atomic mass is 9.86. The van der Waals surface area contributed by atoms with Crippen molar-refractivity contribution < 1.29 is 35.5 Å². The van der Waals surface area contributed by atoms with Crippen molar-refractivity contribution in [2.45, 2.75) is 54.5 Å². The number of amides is 1. The van der Waals surface area contributed by atoms with Crippen molar-refractivity contribution in [3.63, 3.8) is 0 Å². The summed E-state index contributed by atoms with van der Waals surface area (Å²) in [6.07, 6.45) is -3.71. The predicted octanol–water partition coefficient (Wildman–Crippen LogP) is 4.76. The van der Waals surface area contributed by atoms with Crippen molar-refractivity contribution in [3.8, 4) is 5.75 Å². The number of ether oxygens (including phenoxy) is 1. The summed E-state index contributed by atoms with van der Waals surface area (Å²) in [5.41, 5.74) is -0.944. The van der Waals surface area contributed by atoms with Gasteiger partial charge in [0.25, 0.3) is 5.91 Å². The molecule has 0 bridgehead atoms. The van der Waals surface area contributed by atoms with Crippen molar-refractivity contribution in [1.82, 2.24) is 5.32 Å². The van der Waals surface area contributed by atoms with Crippen molar-refractivity contribution in [2.75, 3.05) is 7.11 Å². The molecular formula is C22H23F4NO4S. The Morgan fingerprint density at radius 1 is 1.12 bits per heavy atom. The summed E-state index contributed by atoms with van der Waals surface area (Å²) in [6, 6.07) is 7.00. The number of hydrogen-bond donors (Lipinski definition) is 1. The number of nitrogens with one attached hydrogen (secondary N) is 1. The van der Waals surface area contributed by atoms with Crippen molar-refractivity contribution in [3.05, 3.63) is 59.4 Å². The van der Waals surface area contributed by atoms with Gasteiger partial charge in [-0.05, 0) is 62.9 Å². The molecule has 0 atom stereocenters. The minimum absolute atomic E-state index is 0.0757. The summed E-state index contributed by atoms with van der Waals surface area (Å²) in [5.74, 6) is -0.950. The first-order chi connectivity index (χ1) is 14.9. The van der Waals surface area contributed by atoms with Crippen LogP contribution in [0.4, 0.5) is 17.6 Å². The van der Waals surface area contributed by atoms with E-state index in [-0.39, 0.29) is 35.1 Å². The standard InChI is InChI=1S/C22H23F4NO4S/c1-21(32(29,30)19-5-3-4-15(12-19)22(24,25)26)8-6-17(7-9-21)27-20(28)14-10-16(23)13-18(11-14)31-2/h3-5,10-13,17H,6-9H2,1-2H3,(H,27,28). The Balaban J connectivity index is 1.71. The van der Waals surface area contributed by atoms with Crippen molar-refractivity contribution in [2.24, 2.45) is 0 Å². The van der Waals surface area contributed by atoms with Crippen LogP contribution in [0.25, 0.3) is 0 Å². The lowest BCUT2D eigenvalue weighted by Gasteiger charge is -2.37. The maximum atomic E-state index is 13.7. The molecule has 0 spiro atoms. The fourth-order valence-corrected chi connectivity index (χ4v) is 5.73. The second-order valence-electron chi connectivity index (χ2n) is 8.11. The molecule has 0 aromatic heterocycles. The highest BCUT2D eigenvalue weighted by Crippen LogP contribution is 2.40. The number of carbonyl (C=O) groups excluding carboxylic acids is 1. The number of hydrogen-bond acceptors (Lipinski definition) is 4. The van der Waals surface area contributed by atoms with E-state index < -0.39 is 38.0 Å². The second-order valence-corrected chi connectivity index (χ2v) is 10.6. The normalized spacial score (nSPS) is 21.8. The van der Waals surface area contributed by atoms with Gasteiger partial charge >= 0.3 is 6.18 Å². The monoisotopic (exact) mass is 473 g/mol. The highest BCUT2D eigenvalue weighted by molar-refractivity contribution is 7.92. The van der Waals surface area contributed by atoms with Crippen LogP contribution < -0.4 is 10.1 Å². The Bertz CT molecular complexity index is 1110. The van der Waals surface area contributed by atoms with Crippen LogP contribution in [0, 0.1) is 5.82 Å². The van der Waals surface area contributed by atoms with Crippen LogP contribution in [0.5, 0.6) is 5.75 Å². The minimum atomic E-state index is -4.64. The SMILES string of the molecule is COc1cc(F)cc(C(=O)NC2CCC(C)(S(=O)(=O)c3cccc(C(F)(F)F)c3)CC2)c1. The average Bonchev–Trinajstić information content (AvgIpc) is 2.74. The predicted molar refractivity (Wildman–Crippen MR) is 110 cm³/mol. The second kappa shape index (κ2) is 8.73. The molecular weight excluding hydrogens is 450 g/mol. The third-order valence-electron chi connectivity index (χ3n) is 5.87. The van der Waals surface area contributed by atoms with E-state index in [0.29, 0.717) is 18.9 Å². The molecule has 1 saturated carbocycles. The Labute approximate surface area is 183 Å². The first-order valence-corrected chi connectivity index (χ1v) is 11.4. The molecule has 1 amide bonds. The van der Waals surface area contributed by atoms with E-state index in [0.717, 1.165) is 24.3 Å². The molecule has 174 valence electrons. The zero-order valence-electron chi connectivity index (χ0n) is 17.5. The molecule has 0 unspecified atom stereocenters. The van der Waals surface area contributed by atoms with E-state index in [1.54, 1.807) is 0 Å². The topological polar surface area (TPSA) is 72.5 Å². The summed E-state index contributed by atoms with van der Waals surface area (Å²) < 4.78 is 82.7. The van der Waals surface area contributed by atoms with Gasteiger partial charge in [0, 0.05) is 17.7 Å². The van der Waals surface area contributed by atoms with Crippen LogP contribution in [-0.4, -0.2) is 32.2 Å². The number of alkyl halides is 3. The highest BCUT2D eigenvalue weighted by Gasteiger charge is 2.44. The molecule has 1 aliphatic rings. The average molecular weight is 473 g/mol. The van der Waals surface area contributed by atoms with Gasteiger partial charge in [0.1, 0.15) is 11.6 Å². The van der Waals surface area contributed by atoms with E-state index in [9.17, 15) is 30.8 Å². The van der Waals surface area contributed by atoms with E-state index >= 15 is 0 Å². The Morgan fingerprint density at radius 2 is 1.78 bits per heavy atom. The van der Waals surface area contributed by atoms with Crippen LogP contribution in [0.15, 0.2) is 47.4 Å². The maximum Gasteiger partial charge on any atom is 0.416 e. The molecule has 10 heteroatoms. The molecule has 0 aliphatic heterocycles.